The van der Waals surface area contributed by atoms with E-state index in [0.29, 0.717) is 0 Å². The number of nitrogens with two attached hydrogens (primary N) is 1. The lowest BCUT2D eigenvalue weighted by molar-refractivity contribution is 0.411. The minimum Gasteiger partial charge on any atom is -0.496 e. The molecule has 2 nitrogen and oxygen atoms in total. The number of hydrogen-bond acceptors (Lipinski definition) is 3. The van der Waals surface area contributed by atoms with Crippen LogP contribution in [-0.2, 0) is 5.75 Å². The predicted molar refractivity (Wildman–Crippen MR) is 78.1 cm³/mol. The van der Waals surface area contributed by atoms with Crippen LogP contribution in [0.1, 0.15) is 11.1 Å². The molecule has 0 aliphatic heterocycles. The molecular weight excluding hydrogens is 242 g/mol. The molecule has 2 rings (SSSR count). The van der Waals surface area contributed by atoms with Crippen molar-refractivity contribution in [3.05, 3.63) is 53.6 Å². The van der Waals surface area contributed by atoms with Crippen LogP contribution in [-0.4, -0.2) is 7.11 Å². The third kappa shape index (κ3) is 3.20. The Hall–Kier alpha value is -1.61. The molecule has 2 aromatic carbocycles. The predicted octanol–water partition coefficient (Wildman–Crippen LogP) is 3.88. The van der Waals surface area contributed by atoms with Gasteiger partial charge in [0, 0.05) is 21.9 Å². The Balaban J connectivity index is 2.09. The number of hydrogen-bond donors (Lipinski definition) is 1. The summed E-state index contributed by atoms with van der Waals surface area (Å²) in [5.74, 6) is 1.75. The maximum atomic E-state index is 5.81. The molecule has 0 radical (unpaired) electrons. The maximum absolute atomic E-state index is 5.81. The summed E-state index contributed by atoms with van der Waals surface area (Å²) in [5, 5.41) is 0. The number of benzene rings is 2. The van der Waals surface area contributed by atoms with Crippen molar-refractivity contribution in [1.29, 1.82) is 0 Å². The Labute approximate surface area is 112 Å². The van der Waals surface area contributed by atoms with Crippen LogP contribution in [0.4, 0.5) is 5.69 Å². The van der Waals surface area contributed by atoms with Gasteiger partial charge in [-0.15, -0.1) is 11.8 Å². The SMILES string of the molecule is COc1ccc(N)cc1CSc1ccc(C)cc1. The van der Waals surface area contributed by atoms with Crippen LogP contribution in [0.3, 0.4) is 0 Å². The summed E-state index contributed by atoms with van der Waals surface area (Å²) in [4.78, 5) is 1.25. The van der Waals surface area contributed by atoms with E-state index in [9.17, 15) is 0 Å². The van der Waals surface area contributed by atoms with Gasteiger partial charge >= 0.3 is 0 Å². The number of thioether (sulfide) groups is 1. The summed E-state index contributed by atoms with van der Waals surface area (Å²) in [6.45, 7) is 2.09. The Morgan fingerprint density at radius 2 is 1.83 bits per heavy atom. The largest absolute Gasteiger partial charge is 0.496 e. The molecule has 2 N–H and O–H groups in total. The third-order valence-electron chi connectivity index (χ3n) is 2.72. The van der Waals surface area contributed by atoms with Crippen molar-refractivity contribution in [3.63, 3.8) is 0 Å². The molecule has 0 aliphatic carbocycles. The zero-order valence-electron chi connectivity index (χ0n) is 10.6. The first-order valence-electron chi connectivity index (χ1n) is 5.81. The number of ether oxygens (including phenoxy) is 1. The minimum atomic E-state index is 0.773. The van der Waals surface area contributed by atoms with Crippen molar-refractivity contribution in [1.82, 2.24) is 0 Å². The fraction of sp³-hybridized carbons (Fsp3) is 0.200. The molecule has 0 fully saturated rings. The van der Waals surface area contributed by atoms with Crippen molar-refractivity contribution >= 4 is 17.4 Å². The van der Waals surface area contributed by atoms with E-state index < -0.39 is 0 Å². The molecule has 0 aromatic heterocycles. The van der Waals surface area contributed by atoms with E-state index in [1.807, 2.05) is 18.2 Å². The molecule has 0 amide bonds. The summed E-state index contributed by atoms with van der Waals surface area (Å²) in [7, 11) is 1.69. The number of anilines is 1. The van der Waals surface area contributed by atoms with Gasteiger partial charge in [-0.2, -0.15) is 0 Å². The first-order valence-corrected chi connectivity index (χ1v) is 6.79. The molecule has 0 spiro atoms. The van der Waals surface area contributed by atoms with E-state index in [0.717, 1.165) is 22.8 Å². The van der Waals surface area contributed by atoms with Crippen LogP contribution < -0.4 is 10.5 Å². The number of nitrogen functional groups attached to an aromatic ring is 1. The first-order chi connectivity index (χ1) is 8.69. The Morgan fingerprint density at radius 1 is 1.11 bits per heavy atom. The first kappa shape index (κ1) is 12.8. The van der Waals surface area contributed by atoms with Gasteiger partial charge in [-0.3, -0.25) is 0 Å². The minimum absolute atomic E-state index is 0.773. The van der Waals surface area contributed by atoms with Gasteiger partial charge in [-0.1, -0.05) is 17.7 Å². The van der Waals surface area contributed by atoms with Gasteiger partial charge in [0.05, 0.1) is 7.11 Å². The highest BCUT2D eigenvalue weighted by molar-refractivity contribution is 7.98. The highest BCUT2D eigenvalue weighted by atomic mass is 32.2. The average Bonchev–Trinajstić information content (AvgIpc) is 2.38. The monoisotopic (exact) mass is 259 g/mol. The van der Waals surface area contributed by atoms with Gasteiger partial charge in [0.15, 0.2) is 0 Å². The van der Waals surface area contributed by atoms with Crippen molar-refractivity contribution in [3.8, 4) is 5.75 Å². The lowest BCUT2D eigenvalue weighted by atomic mass is 10.2. The number of methoxy groups -OCH3 is 1. The molecule has 2 aromatic rings. The van der Waals surface area contributed by atoms with Crippen molar-refractivity contribution in [2.75, 3.05) is 12.8 Å². The summed E-state index contributed by atoms with van der Waals surface area (Å²) < 4.78 is 5.34. The molecule has 0 saturated carbocycles. The zero-order chi connectivity index (χ0) is 13.0. The van der Waals surface area contributed by atoms with Gasteiger partial charge in [-0.25, -0.2) is 0 Å². The maximum Gasteiger partial charge on any atom is 0.123 e. The van der Waals surface area contributed by atoms with E-state index in [2.05, 4.69) is 31.2 Å². The molecule has 0 saturated heterocycles. The van der Waals surface area contributed by atoms with Crippen LogP contribution in [0.2, 0.25) is 0 Å². The normalized spacial score (nSPS) is 10.3. The summed E-state index contributed by atoms with van der Waals surface area (Å²) in [6.07, 6.45) is 0. The smallest absolute Gasteiger partial charge is 0.123 e. The van der Waals surface area contributed by atoms with Crippen molar-refractivity contribution < 1.29 is 4.74 Å². The van der Waals surface area contributed by atoms with Gasteiger partial charge < -0.3 is 10.5 Å². The molecule has 0 unspecified atom stereocenters. The second-order valence-corrected chi connectivity index (χ2v) is 5.22. The average molecular weight is 259 g/mol. The standard InChI is InChI=1S/C15H17NOS/c1-11-3-6-14(7-4-11)18-10-12-9-13(16)5-8-15(12)17-2/h3-9H,10,16H2,1-2H3. The molecule has 0 atom stereocenters. The quantitative estimate of drug-likeness (QED) is 0.668. The van der Waals surface area contributed by atoms with E-state index in [1.165, 1.54) is 10.5 Å². The van der Waals surface area contributed by atoms with E-state index >= 15 is 0 Å². The zero-order valence-corrected chi connectivity index (χ0v) is 11.5. The topological polar surface area (TPSA) is 35.2 Å². The molecular formula is C15H17NOS. The van der Waals surface area contributed by atoms with Gasteiger partial charge in [-0.05, 0) is 37.3 Å². The van der Waals surface area contributed by atoms with Crippen LogP contribution in [0.15, 0.2) is 47.4 Å². The molecule has 3 heteroatoms. The third-order valence-corrected chi connectivity index (χ3v) is 3.78. The Kier molecular flexibility index (Phi) is 4.15. The molecule has 18 heavy (non-hydrogen) atoms. The Bertz CT molecular complexity index is 523. The van der Waals surface area contributed by atoms with Crippen LogP contribution in [0.5, 0.6) is 5.75 Å². The molecule has 0 heterocycles. The highest BCUT2D eigenvalue weighted by Gasteiger charge is 2.04. The lowest BCUT2D eigenvalue weighted by Crippen LogP contribution is -1.93. The number of aryl methyl sites for hydroxylation is 1. The van der Waals surface area contributed by atoms with Crippen molar-refractivity contribution in [2.45, 2.75) is 17.6 Å². The van der Waals surface area contributed by atoms with Crippen LogP contribution in [0.25, 0.3) is 0 Å². The Morgan fingerprint density at radius 3 is 2.50 bits per heavy atom. The fourth-order valence-electron chi connectivity index (χ4n) is 1.71. The lowest BCUT2D eigenvalue weighted by Gasteiger charge is -2.09. The van der Waals surface area contributed by atoms with Crippen molar-refractivity contribution in [2.24, 2.45) is 0 Å². The molecule has 94 valence electrons. The molecule has 0 aliphatic rings. The van der Waals surface area contributed by atoms with E-state index in [-0.39, 0.29) is 0 Å². The van der Waals surface area contributed by atoms with Gasteiger partial charge in [0.25, 0.3) is 0 Å². The second kappa shape index (κ2) is 5.83. The van der Waals surface area contributed by atoms with Crippen LogP contribution in [0, 0.1) is 6.92 Å². The number of rotatable bonds is 4. The summed E-state index contributed by atoms with van der Waals surface area (Å²) in [6, 6.07) is 14.3. The van der Waals surface area contributed by atoms with E-state index in [1.54, 1.807) is 18.9 Å². The summed E-state index contributed by atoms with van der Waals surface area (Å²) in [5.41, 5.74) is 8.99. The second-order valence-electron chi connectivity index (χ2n) is 4.17. The van der Waals surface area contributed by atoms with Gasteiger partial charge in [0.2, 0.25) is 0 Å². The van der Waals surface area contributed by atoms with Crippen LogP contribution >= 0.6 is 11.8 Å². The van der Waals surface area contributed by atoms with E-state index in [4.69, 9.17) is 10.5 Å². The molecule has 0 bridgehead atoms. The summed E-state index contributed by atoms with van der Waals surface area (Å²) >= 11 is 1.78. The highest BCUT2D eigenvalue weighted by Crippen LogP contribution is 2.29. The fourth-order valence-corrected chi connectivity index (χ4v) is 2.58. The van der Waals surface area contributed by atoms with Gasteiger partial charge in [0.1, 0.15) is 5.75 Å².